The molecule has 3 heteroatoms. The molecule has 0 radical (unpaired) electrons. The molecule has 0 bridgehead atoms. The average Bonchev–Trinajstić information content (AvgIpc) is 2.93. The fraction of sp³-hybridized carbons (Fsp3) is 0.647. The molecule has 112 valence electrons. The quantitative estimate of drug-likeness (QED) is 0.794. The Morgan fingerprint density at radius 3 is 2.45 bits per heavy atom. The maximum Gasteiger partial charge on any atom is 0.0949 e. The summed E-state index contributed by atoms with van der Waals surface area (Å²) in [5.41, 5.74) is 1.21. The zero-order chi connectivity index (χ0) is 14.4. The fourth-order valence-electron chi connectivity index (χ4n) is 2.72. The van der Waals surface area contributed by atoms with Crippen molar-refractivity contribution in [3.8, 4) is 0 Å². The number of nitrogens with one attached hydrogen (secondary N) is 1. The zero-order valence-electron chi connectivity index (χ0n) is 12.6. The molecule has 1 aromatic rings. The van der Waals surface area contributed by atoms with Crippen LogP contribution >= 0.6 is 11.6 Å². The van der Waals surface area contributed by atoms with Gasteiger partial charge in [-0.3, -0.25) is 0 Å². The fourth-order valence-corrected chi connectivity index (χ4v) is 2.85. The van der Waals surface area contributed by atoms with E-state index in [0.717, 1.165) is 24.1 Å². The van der Waals surface area contributed by atoms with Crippen LogP contribution in [0.5, 0.6) is 0 Å². The Kier molecular flexibility index (Phi) is 6.34. The zero-order valence-corrected chi connectivity index (χ0v) is 13.3. The SMILES string of the molecule is CC(C)NCC(OCC1CCCC1)c1ccc(Cl)cc1. The van der Waals surface area contributed by atoms with Gasteiger partial charge in [-0.2, -0.15) is 0 Å². The highest BCUT2D eigenvalue weighted by atomic mass is 35.5. The molecule has 1 aliphatic carbocycles. The van der Waals surface area contributed by atoms with E-state index in [9.17, 15) is 0 Å². The van der Waals surface area contributed by atoms with E-state index in [-0.39, 0.29) is 6.10 Å². The van der Waals surface area contributed by atoms with Crippen LogP contribution in [-0.2, 0) is 4.74 Å². The summed E-state index contributed by atoms with van der Waals surface area (Å²) in [5, 5.41) is 4.25. The summed E-state index contributed by atoms with van der Waals surface area (Å²) in [6.07, 6.45) is 5.50. The maximum atomic E-state index is 6.20. The molecule has 2 rings (SSSR count). The van der Waals surface area contributed by atoms with Crippen LogP contribution in [0.4, 0.5) is 0 Å². The van der Waals surface area contributed by atoms with Gasteiger partial charge in [0.2, 0.25) is 0 Å². The topological polar surface area (TPSA) is 21.3 Å². The van der Waals surface area contributed by atoms with Crippen molar-refractivity contribution in [3.63, 3.8) is 0 Å². The third-order valence-electron chi connectivity index (χ3n) is 3.96. The first-order valence-electron chi connectivity index (χ1n) is 7.75. The van der Waals surface area contributed by atoms with Gasteiger partial charge in [-0.05, 0) is 36.5 Å². The van der Waals surface area contributed by atoms with Gasteiger partial charge in [-0.15, -0.1) is 0 Å². The molecule has 1 N–H and O–H groups in total. The van der Waals surface area contributed by atoms with Crippen LogP contribution in [-0.4, -0.2) is 19.2 Å². The minimum Gasteiger partial charge on any atom is -0.372 e. The first-order valence-corrected chi connectivity index (χ1v) is 8.13. The Labute approximate surface area is 127 Å². The molecule has 2 nitrogen and oxygen atoms in total. The van der Waals surface area contributed by atoms with E-state index < -0.39 is 0 Å². The normalized spacial score (nSPS) is 17.8. The molecule has 1 fully saturated rings. The Morgan fingerprint density at radius 1 is 1.20 bits per heavy atom. The van der Waals surface area contributed by atoms with Crippen LogP contribution in [0, 0.1) is 5.92 Å². The van der Waals surface area contributed by atoms with Crippen LogP contribution < -0.4 is 5.32 Å². The molecule has 1 aliphatic rings. The van der Waals surface area contributed by atoms with Gasteiger partial charge in [0.1, 0.15) is 0 Å². The lowest BCUT2D eigenvalue weighted by atomic mass is 10.1. The number of benzene rings is 1. The Morgan fingerprint density at radius 2 is 1.85 bits per heavy atom. The van der Waals surface area contributed by atoms with Gasteiger partial charge >= 0.3 is 0 Å². The summed E-state index contributed by atoms with van der Waals surface area (Å²) in [5.74, 6) is 0.754. The van der Waals surface area contributed by atoms with Gasteiger partial charge in [-0.1, -0.05) is 50.4 Å². The van der Waals surface area contributed by atoms with Crippen LogP contribution in [0.2, 0.25) is 5.02 Å². The van der Waals surface area contributed by atoms with Crippen molar-refractivity contribution in [1.29, 1.82) is 0 Å². The van der Waals surface area contributed by atoms with Crippen molar-refractivity contribution in [2.45, 2.75) is 51.7 Å². The first-order chi connectivity index (χ1) is 9.65. The van der Waals surface area contributed by atoms with Crippen molar-refractivity contribution >= 4 is 11.6 Å². The highest BCUT2D eigenvalue weighted by Crippen LogP contribution is 2.27. The highest BCUT2D eigenvalue weighted by molar-refractivity contribution is 6.30. The molecule has 0 aliphatic heterocycles. The summed E-state index contributed by atoms with van der Waals surface area (Å²) in [7, 11) is 0. The summed E-state index contributed by atoms with van der Waals surface area (Å²) < 4.78 is 6.20. The Hall–Kier alpha value is -0.570. The van der Waals surface area contributed by atoms with Crippen LogP contribution in [0.25, 0.3) is 0 Å². The van der Waals surface area contributed by atoms with Crippen LogP contribution in [0.15, 0.2) is 24.3 Å². The van der Waals surface area contributed by atoms with E-state index >= 15 is 0 Å². The molecule has 20 heavy (non-hydrogen) atoms. The second kappa shape index (κ2) is 8.02. The lowest BCUT2D eigenvalue weighted by molar-refractivity contribution is 0.0284. The minimum absolute atomic E-state index is 0.121. The molecule has 0 heterocycles. The number of hydrogen-bond donors (Lipinski definition) is 1. The van der Waals surface area contributed by atoms with E-state index in [0.29, 0.717) is 6.04 Å². The summed E-state index contributed by atoms with van der Waals surface area (Å²) >= 11 is 5.97. The van der Waals surface area contributed by atoms with E-state index in [1.54, 1.807) is 0 Å². The van der Waals surface area contributed by atoms with Crippen molar-refractivity contribution in [2.24, 2.45) is 5.92 Å². The summed E-state index contributed by atoms with van der Waals surface area (Å²) in [6, 6.07) is 8.50. The number of ether oxygens (including phenoxy) is 1. The van der Waals surface area contributed by atoms with Gasteiger partial charge in [-0.25, -0.2) is 0 Å². The van der Waals surface area contributed by atoms with Crippen molar-refractivity contribution in [2.75, 3.05) is 13.2 Å². The van der Waals surface area contributed by atoms with Crippen molar-refractivity contribution in [1.82, 2.24) is 5.32 Å². The molecule has 0 saturated heterocycles. The predicted octanol–water partition coefficient (Wildman–Crippen LogP) is 4.59. The lowest BCUT2D eigenvalue weighted by Gasteiger charge is -2.22. The summed E-state index contributed by atoms with van der Waals surface area (Å²) in [4.78, 5) is 0. The highest BCUT2D eigenvalue weighted by Gasteiger charge is 2.19. The van der Waals surface area contributed by atoms with E-state index in [1.165, 1.54) is 31.2 Å². The number of hydrogen-bond acceptors (Lipinski definition) is 2. The lowest BCUT2D eigenvalue weighted by Crippen LogP contribution is -2.29. The summed E-state index contributed by atoms with van der Waals surface area (Å²) in [6.45, 7) is 6.06. The number of rotatable bonds is 7. The van der Waals surface area contributed by atoms with E-state index in [1.807, 2.05) is 12.1 Å². The van der Waals surface area contributed by atoms with E-state index in [4.69, 9.17) is 16.3 Å². The van der Waals surface area contributed by atoms with Gasteiger partial charge in [0.25, 0.3) is 0 Å². The number of halogens is 1. The molecular formula is C17H26ClNO. The van der Waals surface area contributed by atoms with Gasteiger partial charge in [0.15, 0.2) is 0 Å². The van der Waals surface area contributed by atoms with Crippen LogP contribution in [0.1, 0.15) is 51.2 Å². The van der Waals surface area contributed by atoms with Crippen LogP contribution in [0.3, 0.4) is 0 Å². The Bertz CT molecular complexity index is 384. The van der Waals surface area contributed by atoms with Crippen molar-refractivity contribution < 1.29 is 4.74 Å². The van der Waals surface area contributed by atoms with Crippen molar-refractivity contribution in [3.05, 3.63) is 34.9 Å². The molecule has 1 aromatic carbocycles. The monoisotopic (exact) mass is 295 g/mol. The third kappa shape index (κ3) is 5.08. The largest absolute Gasteiger partial charge is 0.372 e. The Balaban J connectivity index is 1.93. The van der Waals surface area contributed by atoms with Gasteiger partial charge in [0, 0.05) is 17.6 Å². The maximum absolute atomic E-state index is 6.20. The molecule has 0 amide bonds. The van der Waals surface area contributed by atoms with Gasteiger partial charge < -0.3 is 10.1 Å². The molecule has 0 aromatic heterocycles. The molecule has 1 atom stereocenters. The predicted molar refractivity (Wildman–Crippen MR) is 85.2 cm³/mol. The second-order valence-electron chi connectivity index (χ2n) is 6.09. The third-order valence-corrected chi connectivity index (χ3v) is 4.21. The standard InChI is InChI=1S/C17H26ClNO/c1-13(2)19-11-17(15-7-9-16(18)10-8-15)20-12-14-5-3-4-6-14/h7-10,13-14,17,19H,3-6,11-12H2,1-2H3. The molecule has 1 unspecified atom stereocenters. The second-order valence-corrected chi connectivity index (χ2v) is 6.52. The molecule has 1 saturated carbocycles. The molecular weight excluding hydrogens is 270 g/mol. The molecule has 0 spiro atoms. The van der Waals surface area contributed by atoms with E-state index in [2.05, 4.69) is 31.3 Å². The smallest absolute Gasteiger partial charge is 0.0949 e. The average molecular weight is 296 g/mol. The van der Waals surface area contributed by atoms with Gasteiger partial charge in [0.05, 0.1) is 12.7 Å². The first kappa shape index (κ1) is 15.8. The minimum atomic E-state index is 0.121.